The zero-order chi connectivity index (χ0) is 28.4. The summed E-state index contributed by atoms with van der Waals surface area (Å²) in [6, 6.07) is 26.1. The standard InChI is InChI=1S/2C16H12F.C2H7Si.2ClH.Zr/c2*1-11-9-13-3-2-4-15(16(13)10-11)12-5-7-14(17)8-6-12;1-3-2;;;/h2*2-10H,1H3;3H,1-2H3;2*1H;/q;;;;;+2/p-2. The van der Waals surface area contributed by atoms with Crippen LogP contribution in [-0.4, -0.2) is 5.92 Å². The number of hydrogen-bond donors (Lipinski definition) is 0. The molecule has 40 heavy (non-hydrogen) atoms. The number of allylic oxidation sites excluding steroid dienone is 2. The fourth-order valence-electron chi connectivity index (χ4n) is 7.16. The third-order valence-electron chi connectivity index (χ3n) is 9.07. The van der Waals surface area contributed by atoms with E-state index in [4.69, 9.17) is 17.0 Å². The van der Waals surface area contributed by atoms with Gasteiger partial charge in [0.2, 0.25) is 0 Å². The predicted octanol–water partition coefficient (Wildman–Crippen LogP) is 10.9. The molecule has 0 saturated heterocycles. The summed E-state index contributed by atoms with van der Waals surface area (Å²) in [5.41, 5.74) is 11.3. The van der Waals surface area contributed by atoms with Crippen LogP contribution in [0.1, 0.15) is 43.4 Å². The Labute approximate surface area is 244 Å². The van der Waals surface area contributed by atoms with Crippen molar-refractivity contribution in [3.8, 4) is 22.3 Å². The molecule has 0 aromatic heterocycles. The van der Waals surface area contributed by atoms with Crippen molar-refractivity contribution in [2.75, 3.05) is 0 Å². The van der Waals surface area contributed by atoms with E-state index in [0.29, 0.717) is 0 Å². The summed E-state index contributed by atoms with van der Waals surface area (Å²) in [5.74, 6) is -2.14. The van der Waals surface area contributed by atoms with Gasteiger partial charge in [-0.3, -0.25) is 0 Å². The molecule has 4 aromatic rings. The molecule has 203 valence electrons. The molecule has 2 aliphatic carbocycles. The summed E-state index contributed by atoms with van der Waals surface area (Å²) in [4.78, 5) is 0. The Kier molecular flexibility index (Phi) is 7.02. The molecule has 0 heterocycles. The molecule has 0 spiro atoms. The van der Waals surface area contributed by atoms with E-state index in [1.54, 1.807) is 0 Å². The minimum atomic E-state index is -4.78. The van der Waals surface area contributed by atoms with Crippen LogP contribution in [0.15, 0.2) is 96.1 Å². The molecule has 0 nitrogen and oxygen atoms in total. The molecule has 0 aliphatic heterocycles. The van der Waals surface area contributed by atoms with Gasteiger partial charge in [-0.25, -0.2) is 0 Å². The Morgan fingerprint density at radius 1 is 0.600 bits per heavy atom. The van der Waals surface area contributed by atoms with Gasteiger partial charge in [-0.15, -0.1) is 0 Å². The van der Waals surface area contributed by atoms with E-state index in [1.165, 1.54) is 46.5 Å². The van der Waals surface area contributed by atoms with Crippen LogP contribution in [-0.2, 0) is 15.6 Å². The van der Waals surface area contributed by atoms with Crippen molar-refractivity contribution in [2.24, 2.45) is 0 Å². The van der Waals surface area contributed by atoms with Crippen molar-refractivity contribution in [2.45, 2.75) is 34.2 Å². The number of halogens is 4. The van der Waals surface area contributed by atoms with Crippen LogP contribution in [0, 0.1) is 11.6 Å². The second-order valence-electron chi connectivity index (χ2n) is 11.7. The summed E-state index contributed by atoms with van der Waals surface area (Å²) < 4.78 is 27.4. The van der Waals surface area contributed by atoms with Crippen molar-refractivity contribution in [3.63, 3.8) is 0 Å². The Hall–Kier alpha value is -2.10. The Balaban J connectivity index is 1.54. The van der Waals surface area contributed by atoms with E-state index in [0.717, 1.165) is 33.4 Å². The maximum absolute atomic E-state index is 13.7. The van der Waals surface area contributed by atoms with Crippen LogP contribution in [0.2, 0.25) is 13.1 Å². The van der Waals surface area contributed by atoms with Gasteiger partial charge in [0.05, 0.1) is 0 Å². The molecule has 2 atom stereocenters. The van der Waals surface area contributed by atoms with Crippen molar-refractivity contribution in [1.29, 1.82) is 0 Å². The zero-order valence-electron chi connectivity index (χ0n) is 23.0. The normalized spacial score (nSPS) is 19.1. The molecular weight excluding hydrogens is 637 g/mol. The number of benzene rings is 4. The second kappa shape index (κ2) is 10.0. The number of rotatable bonds is 5. The first-order valence-corrected chi connectivity index (χ1v) is 30.0. The van der Waals surface area contributed by atoms with E-state index >= 15 is 0 Å². The topological polar surface area (TPSA) is 0 Å². The first-order valence-electron chi connectivity index (χ1n) is 13.7. The fourth-order valence-corrected chi connectivity index (χ4v) is 40.1. The Morgan fingerprint density at radius 2 is 0.975 bits per heavy atom. The van der Waals surface area contributed by atoms with Crippen LogP contribution in [0.5, 0.6) is 0 Å². The third kappa shape index (κ3) is 4.21. The average molecular weight is 668 g/mol. The molecule has 2 aliphatic rings. The van der Waals surface area contributed by atoms with Gasteiger partial charge < -0.3 is 0 Å². The van der Waals surface area contributed by atoms with Gasteiger partial charge in [0.25, 0.3) is 0 Å². The number of fused-ring (bicyclic) bond motifs is 2. The average Bonchev–Trinajstić information content (AvgIpc) is 3.46. The van der Waals surface area contributed by atoms with Gasteiger partial charge in [-0.1, -0.05) is 0 Å². The molecule has 0 N–H and O–H groups in total. The van der Waals surface area contributed by atoms with Gasteiger partial charge in [0, 0.05) is 0 Å². The predicted molar refractivity (Wildman–Crippen MR) is 167 cm³/mol. The van der Waals surface area contributed by atoms with Crippen LogP contribution >= 0.6 is 17.0 Å². The van der Waals surface area contributed by atoms with Crippen molar-refractivity contribution in [3.05, 3.63) is 130 Å². The molecule has 0 amide bonds. The second-order valence-corrected chi connectivity index (χ2v) is 54.2. The Bertz CT molecular complexity index is 1580. The first kappa shape index (κ1) is 28.0. The molecule has 6 heteroatoms. The minimum absolute atomic E-state index is 0.0133. The van der Waals surface area contributed by atoms with Crippen molar-refractivity contribution in [1.82, 2.24) is 0 Å². The van der Waals surface area contributed by atoms with Crippen LogP contribution < -0.4 is 0 Å². The fraction of sp³-hybridized carbons (Fsp3) is 0.176. The van der Waals surface area contributed by atoms with Crippen molar-refractivity contribution < 1.29 is 24.3 Å². The van der Waals surface area contributed by atoms with E-state index in [-0.39, 0.29) is 18.9 Å². The van der Waals surface area contributed by atoms with Gasteiger partial charge >= 0.3 is 246 Å². The molecule has 0 saturated carbocycles. The summed E-state index contributed by atoms with van der Waals surface area (Å²) in [6.07, 6.45) is 4.52. The van der Waals surface area contributed by atoms with E-state index in [9.17, 15) is 8.78 Å². The quantitative estimate of drug-likeness (QED) is 0.186. The maximum atomic E-state index is 13.7. The first-order chi connectivity index (χ1) is 19.0. The van der Waals surface area contributed by atoms with E-state index in [2.05, 4.69) is 75.5 Å². The molecule has 0 fully saturated rings. The van der Waals surface area contributed by atoms with Gasteiger partial charge in [-0.2, -0.15) is 0 Å². The molecule has 6 rings (SSSR count). The SMILES string of the molecule is CC1=Cc2c(-c3ccc(F)cc3)cccc2[CH]1[Zr]([Cl])([Cl])([CH]1C(C)=Cc2c(-c3ccc(F)cc3)cccc21)[SiH](C)C. The Morgan fingerprint density at radius 3 is 1.32 bits per heavy atom. The third-order valence-corrected chi connectivity index (χ3v) is 61.3. The molecule has 4 aromatic carbocycles. The molecular formula is C34H31Cl2F2SiZr. The van der Waals surface area contributed by atoms with Crippen LogP contribution in [0.25, 0.3) is 34.4 Å². The molecule has 0 bridgehead atoms. The van der Waals surface area contributed by atoms with E-state index in [1.807, 2.05) is 24.3 Å². The van der Waals surface area contributed by atoms with Crippen LogP contribution in [0.3, 0.4) is 0 Å². The van der Waals surface area contributed by atoms with Crippen molar-refractivity contribution >= 4 is 35.1 Å². The molecule has 2 unspecified atom stereocenters. The summed E-state index contributed by atoms with van der Waals surface area (Å²) in [6.45, 7) is 9.01. The summed E-state index contributed by atoms with van der Waals surface area (Å²) in [7, 11) is 16.6. The van der Waals surface area contributed by atoms with E-state index < -0.39 is 21.5 Å². The monoisotopic (exact) mass is 665 g/mol. The zero-order valence-corrected chi connectivity index (χ0v) is 28.1. The summed E-state index contributed by atoms with van der Waals surface area (Å²) in [5, 5.41) is 0. The summed E-state index contributed by atoms with van der Waals surface area (Å²) >= 11 is -4.78. The number of hydrogen-bond acceptors (Lipinski definition) is 0. The van der Waals surface area contributed by atoms with Crippen LogP contribution in [0.4, 0.5) is 8.78 Å². The van der Waals surface area contributed by atoms with Gasteiger partial charge in [0.15, 0.2) is 0 Å². The van der Waals surface area contributed by atoms with Gasteiger partial charge in [-0.05, 0) is 0 Å². The molecule has 0 radical (unpaired) electrons. The van der Waals surface area contributed by atoms with Gasteiger partial charge in [0.1, 0.15) is 0 Å².